The maximum atomic E-state index is 13.5. The molecule has 6 atom stereocenters. The van der Waals surface area contributed by atoms with E-state index in [1.165, 1.54) is 7.11 Å². The molecule has 2 bridgehead atoms. The van der Waals surface area contributed by atoms with Crippen LogP contribution in [-0.4, -0.2) is 69.4 Å². The van der Waals surface area contributed by atoms with Crippen LogP contribution in [0.1, 0.15) is 40.0 Å². The second kappa shape index (κ2) is 11.4. The number of oxime groups is 1. The Bertz CT molecular complexity index is 1210. The van der Waals surface area contributed by atoms with E-state index in [4.69, 9.17) is 4.74 Å². The number of nitrogens with one attached hydrogen (secondary N) is 2. The van der Waals surface area contributed by atoms with Crippen LogP contribution in [0.5, 0.6) is 0 Å². The van der Waals surface area contributed by atoms with Gasteiger partial charge in [-0.25, -0.2) is 0 Å². The minimum atomic E-state index is -0.904. The summed E-state index contributed by atoms with van der Waals surface area (Å²) in [6, 6.07) is 17.8. The molecular formula is C28H31N3O5S2. The van der Waals surface area contributed by atoms with Crippen LogP contribution in [0.15, 0.2) is 65.8 Å². The molecule has 0 aromatic heterocycles. The highest BCUT2D eigenvalue weighted by Gasteiger charge is 2.66. The van der Waals surface area contributed by atoms with E-state index in [1.807, 2.05) is 36.4 Å². The number of nitrogens with zero attached hydrogens (tertiary/aromatic N) is 1. The van der Waals surface area contributed by atoms with Gasteiger partial charge >= 0.3 is 5.97 Å². The fourth-order valence-corrected chi connectivity index (χ4v) is 9.94. The molecule has 2 amide bonds. The number of amides is 2. The molecular weight excluding hydrogens is 522 g/mol. The highest BCUT2D eigenvalue weighted by Crippen LogP contribution is 2.57. The number of carbonyl (C=O) groups is 3. The van der Waals surface area contributed by atoms with Crippen LogP contribution in [0.4, 0.5) is 0 Å². The van der Waals surface area contributed by atoms with E-state index in [-0.39, 0.29) is 46.2 Å². The van der Waals surface area contributed by atoms with Crippen molar-refractivity contribution >= 4 is 47.0 Å². The van der Waals surface area contributed by atoms with E-state index in [0.29, 0.717) is 41.2 Å². The summed E-state index contributed by atoms with van der Waals surface area (Å²) in [4.78, 5) is 38.4. The summed E-state index contributed by atoms with van der Waals surface area (Å²) >= 11 is 3.47. The lowest BCUT2D eigenvalue weighted by atomic mass is 9.64. The highest BCUT2D eigenvalue weighted by molar-refractivity contribution is 8.02. The summed E-state index contributed by atoms with van der Waals surface area (Å²) in [6.45, 7) is 0. The number of methoxy groups -OCH3 is 1. The van der Waals surface area contributed by atoms with Gasteiger partial charge in [0, 0.05) is 46.3 Å². The molecule has 3 N–H and O–H groups in total. The summed E-state index contributed by atoms with van der Waals surface area (Å²) in [7, 11) is 1.39. The zero-order valence-electron chi connectivity index (χ0n) is 21.0. The number of carbonyl (C=O) groups excluding carboxylic acids is 3. The molecule has 2 aromatic carbocycles. The van der Waals surface area contributed by atoms with Crippen molar-refractivity contribution in [1.82, 2.24) is 10.6 Å². The van der Waals surface area contributed by atoms with Crippen molar-refractivity contribution in [3.63, 3.8) is 0 Å². The van der Waals surface area contributed by atoms with Crippen molar-refractivity contribution in [1.29, 1.82) is 0 Å². The van der Waals surface area contributed by atoms with Gasteiger partial charge in [0.25, 0.3) is 11.8 Å². The van der Waals surface area contributed by atoms with Crippen LogP contribution < -0.4 is 10.6 Å². The first-order valence-electron chi connectivity index (χ1n) is 12.7. The summed E-state index contributed by atoms with van der Waals surface area (Å²) in [5.74, 6) is 0.508. The quantitative estimate of drug-likeness (QED) is 0.260. The number of ether oxygens (including phenoxy) is 1. The molecule has 2 heterocycles. The second-order valence-corrected chi connectivity index (χ2v) is 12.3. The van der Waals surface area contributed by atoms with Crippen LogP contribution >= 0.6 is 23.5 Å². The summed E-state index contributed by atoms with van der Waals surface area (Å²) in [5, 5.41) is 20.6. The number of hydrogen-bond donors (Lipinski definition) is 3. The molecule has 0 spiro atoms. The zero-order valence-corrected chi connectivity index (χ0v) is 22.7. The Morgan fingerprint density at radius 2 is 1.68 bits per heavy atom. The second-order valence-electron chi connectivity index (χ2n) is 9.91. The van der Waals surface area contributed by atoms with Crippen LogP contribution in [0.2, 0.25) is 0 Å². The average Bonchev–Trinajstić information content (AvgIpc) is 3.50. The molecule has 0 radical (unpaired) electrons. The Morgan fingerprint density at radius 1 is 1.03 bits per heavy atom. The standard InChI is InChI=1S/C28H31N3O5S2/c1-36-21(32)14-8-13-19-23-22(20(15-37-23)29-26(33)17-9-4-2-5-10-17)28(16-38-24(19)25(28)31-35)30-27(34)18-11-6-3-7-12-18/h2-7,9-12,19-20,22-24,35H,8,13-16H2,1H3,(H,29,33)(H,30,34)/b31-25-/t19-,20-,22+,23-,24+,28-/m0/s1. The smallest absolute Gasteiger partial charge is 0.305 e. The largest absolute Gasteiger partial charge is 0.469 e. The molecule has 1 aliphatic carbocycles. The normalized spacial score (nSPS) is 30.4. The summed E-state index contributed by atoms with van der Waals surface area (Å²) in [6.07, 6.45) is 1.73. The molecule has 5 rings (SSSR count). The number of benzene rings is 2. The molecule has 1 saturated carbocycles. The highest BCUT2D eigenvalue weighted by atomic mass is 32.2. The first-order chi connectivity index (χ1) is 18.5. The maximum Gasteiger partial charge on any atom is 0.305 e. The van der Waals surface area contributed by atoms with E-state index in [1.54, 1.807) is 47.8 Å². The van der Waals surface area contributed by atoms with Gasteiger partial charge < -0.3 is 20.6 Å². The lowest BCUT2D eigenvalue weighted by Gasteiger charge is -2.48. The molecule has 38 heavy (non-hydrogen) atoms. The minimum absolute atomic E-state index is 0.0916. The molecule has 3 aliphatic rings. The molecule has 2 aliphatic heterocycles. The van der Waals surface area contributed by atoms with Gasteiger partial charge in [-0.1, -0.05) is 41.6 Å². The monoisotopic (exact) mass is 553 g/mol. The van der Waals surface area contributed by atoms with Gasteiger partial charge in [-0.3, -0.25) is 14.4 Å². The molecule has 2 saturated heterocycles. The Labute approximate surface area is 230 Å². The van der Waals surface area contributed by atoms with Crippen molar-refractivity contribution in [2.45, 2.75) is 41.3 Å². The first-order valence-corrected chi connectivity index (χ1v) is 14.8. The van der Waals surface area contributed by atoms with Gasteiger partial charge in [0.2, 0.25) is 0 Å². The van der Waals surface area contributed by atoms with E-state index in [2.05, 4.69) is 15.8 Å². The Kier molecular flexibility index (Phi) is 7.99. The van der Waals surface area contributed by atoms with Crippen molar-refractivity contribution < 1.29 is 24.3 Å². The number of thioether (sulfide) groups is 2. The number of esters is 1. The van der Waals surface area contributed by atoms with Crippen molar-refractivity contribution in [3.8, 4) is 0 Å². The van der Waals surface area contributed by atoms with Gasteiger partial charge in [0.05, 0.1) is 23.6 Å². The molecule has 2 aromatic rings. The fraction of sp³-hybridized carbons (Fsp3) is 0.429. The van der Waals surface area contributed by atoms with E-state index < -0.39 is 5.54 Å². The molecule has 200 valence electrons. The van der Waals surface area contributed by atoms with Gasteiger partial charge in [0.15, 0.2) is 0 Å². The predicted octanol–water partition coefficient (Wildman–Crippen LogP) is 3.60. The Morgan fingerprint density at radius 3 is 2.32 bits per heavy atom. The van der Waals surface area contributed by atoms with Crippen molar-refractivity contribution in [3.05, 3.63) is 71.8 Å². The molecule has 10 heteroatoms. The zero-order chi connectivity index (χ0) is 26.7. The Balaban J connectivity index is 1.47. The molecule has 3 fully saturated rings. The van der Waals surface area contributed by atoms with Gasteiger partial charge in [-0.05, 0) is 43.0 Å². The van der Waals surface area contributed by atoms with Gasteiger partial charge in [0.1, 0.15) is 0 Å². The molecule has 8 nitrogen and oxygen atoms in total. The van der Waals surface area contributed by atoms with Crippen LogP contribution in [0.25, 0.3) is 0 Å². The summed E-state index contributed by atoms with van der Waals surface area (Å²) in [5.41, 5.74) is 0.750. The number of hydrogen-bond acceptors (Lipinski definition) is 8. The van der Waals surface area contributed by atoms with Crippen molar-refractivity contribution in [2.75, 3.05) is 18.6 Å². The van der Waals surface area contributed by atoms with Gasteiger partial charge in [-0.15, -0.1) is 11.8 Å². The summed E-state index contributed by atoms with van der Waals surface area (Å²) < 4.78 is 4.83. The SMILES string of the molecule is COC(=O)CCC[C@H]1[C@@H]2SC[C@H](NC(=O)c3ccccc3)[C@H]2[C@@]2(NC(=O)c3ccccc3)CS[C@H]1/C2=N/O. The van der Waals surface area contributed by atoms with E-state index in [9.17, 15) is 19.6 Å². The average molecular weight is 554 g/mol. The predicted molar refractivity (Wildman–Crippen MR) is 149 cm³/mol. The van der Waals surface area contributed by atoms with E-state index >= 15 is 0 Å². The number of fused-ring (bicyclic) bond motifs is 4. The first kappa shape index (κ1) is 26.6. The van der Waals surface area contributed by atoms with Gasteiger partial charge in [-0.2, -0.15) is 11.8 Å². The van der Waals surface area contributed by atoms with Crippen LogP contribution in [0, 0.1) is 11.8 Å². The third-order valence-electron chi connectivity index (χ3n) is 7.83. The lowest BCUT2D eigenvalue weighted by molar-refractivity contribution is -0.140. The van der Waals surface area contributed by atoms with E-state index in [0.717, 1.165) is 6.42 Å². The maximum absolute atomic E-state index is 13.5. The number of rotatable bonds is 8. The van der Waals surface area contributed by atoms with Crippen LogP contribution in [0.3, 0.4) is 0 Å². The molecule has 0 unspecified atom stereocenters. The van der Waals surface area contributed by atoms with Crippen molar-refractivity contribution in [2.24, 2.45) is 17.0 Å². The third-order valence-corrected chi connectivity index (χ3v) is 11.0. The Hall–Kier alpha value is -2.98. The minimum Gasteiger partial charge on any atom is -0.469 e. The fourth-order valence-electron chi connectivity index (χ4n) is 6.12. The topological polar surface area (TPSA) is 117 Å². The lowest BCUT2D eigenvalue weighted by Crippen LogP contribution is -2.69. The van der Waals surface area contributed by atoms with Crippen LogP contribution in [-0.2, 0) is 9.53 Å². The third kappa shape index (κ3) is 4.91.